The van der Waals surface area contributed by atoms with Crippen LogP contribution < -0.4 is 4.90 Å². The lowest BCUT2D eigenvalue weighted by Crippen LogP contribution is -2.20. The molecule has 0 bridgehead atoms. The minimum Gasteiger partial charge on any atom is -0.315 e. The van der Waals surface area contributed by atoms with Gasteiger partial charge in [-0.25, -0.2) is 0 Å². The molecule has 0 saturated heterocycles. The van der Waals surface area contributed by atoms with Crippen molar-refractivity contribution in [2.24, 2.45) is 17.8 Å². The van der Waals surface area contributed by atoms with Gasteiger partial charge in [0.2, 0.25) is 5.91 Å². The third kappa shape index (κ3) is 1.80. The molecule has 19 heavy (non-hydrogen) atoms. The maximum absolute atomic E-state index is 11.7. The minimum absolute atomic E-state index is 0.124. The van der Waals surface area contributed by atoms with Gasteiger partial charge in [0.05, 0.1) is 11.8 Å². The number of nitrogens with zero attached hydrogens (tertiary/aromatic N) is 1. The number of hydrogen-bond acceptors (Lipinski definition) is 1. The Labute approximate surface area is 118 Å². The molecule has 1 amide bonds. The third-order valence-corrected chi connectivity index (χ3v) is 5.80. The van der Waals surface area contributed by atoms with Crippen LogP contribution in [0, 0.1) is 17.8 Å². The van der Waals surface area contributed by atoms with Crippen LogP contribution in [0.5, 0.6) is 0 Å². The van der Waals surface area contributed by atoms with Crippen molar-refractivity contribution in [1.29, 1.82) is 0 Å². The van der Waals surface area contributed by atoms with E-state index >= 15 is 0 Å². The molecule has 2 saturated carbocycles. The molecular formula is C16H18ClNO. The maximum atomic E-state index is 11.7. The lowest BCUT2D eigenvalue weighted by atomic mass is 9.93. The zero-order valence-electron chi connectivity index (χ0n) is 11.1. The average molecular weight is 276 g/mol. The van der Waals surface area contributed by atoms with Crippen LogP contribution in [0.1, 0.15) is 35.8 Å². The topological polar surface area (TPSA) is 20.3 Å². The summed E-state index contributed by atoms with van der Waals surface area (Å²) in [5.74, 6) is 2.75. The number of carbonyl (C=O) groups is 1. The molecule has 1 aliphatic heterocycles. The Morgan fingerprint density at radius 1 is 1.26 bits per heavy atom. The van der Waals surface area contributed by atoms with Crippen molar-refractivity contribution < 1.29 is 4.79 Å². The number of carbonyl (C=O) groups excluding carboxylic acids is 1. The van der Waals surface area contributed by atoms with Gasteiger partial charge in [-0.1, -0.05) is 12.1 Å². The highest BCUT2D eigenvalue weighted by Gasteiger charge is 2.47. The largest absolute Gasteiger partial charge is 0.315 e. The number of alkyl halides is 1. The molecule has 2 aliphatic carbocycles. The maximum Gasteiger partial charge on any atom is 0.231 e. The van der Waals surface area contributed by atoms with Crippen LogP contribution in [-0.4, -0.2) is 13.0 Å². The fraction of sp³-hybridized carbons (Fsp3) is 0.562. The molecule has 3 atom stereocenters. The van der Waals surface area contributed by atoms with Crippen LogP contribution in [0.3, 0.4) is 0 Å². The summed E-state index contributed by atoms with van der Waals surface area (Å²) in [5, 5.41) is 0.124. The fourth-order valence-electron chi connectivity index (χ4n) is 3.93. The molecule has 1 aromatic rings. The summed E-state index contributed by atoms with van der Waals surface area (Å²) >= 11 is 6.67. The monoisotopic (exact) mass is 275 g/mol. The summed E-state index contributed by atoms with van der Waals surface area (Å²) in [5.41, 5.74) is 3.39. The van der Waals surface area contributed by atoms with Gasteiger partial charge in [-0.15, -0.1) is 11.6 Å². The van der Waals surface area contributed by atoms with Crippen molar-refractivity contribution in [3.63, 3.8) is 0 Å². The zero-order valence-corrected chi connectivity index (χ0v) is 11.9. The Morgan fingerprint density at radius 3 is 2.74 bits per heavy atom. The molecule has 1 heterocycles. The molecule has 0 spiro atoms. The minimum atomic E-state index is 0.124. The first kappa shape index (κ1) is 11.8. The summed E-state index contributed by atoms with van der Waals surface area (Å²) in [6.07, 6.45) is 4.56. The number of benzene rings is 1. The Morgan fingerprint density at radius 2 is 2.00 bits per heavy atom. The van der Waals surface area contributed by atoms with Gasteiger partial charge in [0.15, 0.2) is 0 Å². The highest BCUT2D eigenvalue weighted by atomic mass is 35.5. The van der Waals surface area contributed by atoms with E-state index in [-0.39, 0.29) is 11.3 Å². The van der Waals surface area contributed by atoms with E-state index in [1.807, 2.05) is 7.05 Å². The normalized spacial score (nSPS) is 33.3. The van der Waals surface area contributed by atoms with E-state index in [0.717, 1.165) is 23.1 Å². The van der Waals surface area contributed by atoms with Crippen LogP contribution in [0.15, 0.2) is 18.2 Å². The highest BCUT2D eigenvalue weighted by molar-refractivity contribution is 6.21. The SMILES string of the molecule is CN1C(=O)Cc2cc(C(Cl)C3CC4CC4C3)ccc21. The van der Waals surface area contributed by atoms with E-state index in [1.54, 1.807) is 4.90 Å². The molecule has 2 nitrogen and oxygen atoms in total. The Balaban J connectivity index is 1.59. The second-order valence-corrected chi connectivity index (χ2v) is 6.88. The fourth-order valence-corrected chi connectivity index (χ4v) is 4.28. The molecule has 3 heteroatoms. The molecule has 0 radical (unpaired) electrons. The van der Waals surface area contributed by atoms with Crippen molar-refractivity contribution in [3.8, 4) is 0 Å². The summed E-state index contributed by atoms with van der Waals surface area (Å²) < 4.78 is 0. The zero-order chi connectivity index (χ0) is 13.1. The van der Waals surface area contributed by atoms with Crippen LogP contribution in [-0.2, 0) is 11.2 Å². The molecule has 100 valence electrons. The quantitative estimate of drug-likeness (QED) is 0.756. The smallest absolute Gasteiger partial charge is 0.231 e. The van der Waals surface area contributed by atoms with Gasteiger partial charge in [-0.2, -0.15) is 0 Å². The highest BCUT2D eigenvalue weighted by Crippen LogP contribution is 2.58. The van der Waals surface area contributed by atoms with E-state index in [4.69, 9.17) is 11.6 Å². The van der Waals surface area contributed by atoms with Crippen molar-refractivity contribution >= 4 is 23.2 Å². The van der Waals surface area contributed by atoms with Gasteiger partial charge in [-0.3, -0.25) is 4.79 Å². The molecule has 1 aromatic carbocycles. The lowest BCUT2D eigenvalue weighted by Gasteiger charge is -2.20. The molecule has 0 aromatic heterocycles. The van der Waals surface area contributed by atoms with Gasteiger partial charge in [0.1, 0.15) is 0 Å². The number of anilines is 1. The summed E-state index contributed by atoms with van der Waals surface area (Å²) in [7, 11) is 1.84. The number of likely N-dealkylation sites (N-methyl/N-ethyl adjacent to an activating group) is 1. The third-order valence-electron chi connectivity index (χ3n) is 5.19. The molecule has 3 unspecified atom stereocenters. The second kappa shape index (κ2) is 3.99. The van der Waals surface area contributed by atoms with Crippen LogP contribution in [0.25, 0.3) is 0 Å². The van der Waals surface area contributed by atoms with Crippen LogP contribution >= 0.6 is 11.6 Å². The predicted octanol–water partition coefficient (Wildman–Crippen LogP) is 3.53. The van der Waals surface area contributed by atoms with E-state index in [2.05, 4.69) is 18.2 Å². The van der Waals surface area contributed by atoms with Crippen LogP contribution in [0.4, 0.5) is 5.69 Å². The second-order valence-electron chi connectivity index (χ2n) is 6.41. The van der Waals surface area contributed by atoms with E-state index in [9.17, 15) is 4.79 Å². The average Bonchev–Trinajstić information content (AvgIpc) is 2.91. The Kier molecular flexibility index (Phi) is 2.47. The van der Waals surface area contributed by atoms with Crippen LogP contribution in [0.2, 0.25) is 0 Å². The number of fused-ring (bicyclic) bond motifs is 2. The van der Waals surface area contributed by atoms with Crippen molar-refractivity contribution in [1.82, 2.24) is 0 Å². The summed E-state index contributed by atoms with van der Waals surface area (Å²) in [6, 6.07) is 6.31. The van der Waals surface area contributed by atoms with E-state index < -0.39 is 0 Å². The Hall–Kier alpha value is -1.02. The first-order chi connectivity index (χ1) is 9.13. The first-order valence-corrected chi connectivity index (χ1v) is 7.60. The van der Waals surface area contributed by atoms with Crippen molar-refractivity contribution in [3.05, 3.63) is 29.3 Å². The predicted molar refractivity (Wildman–Crippen MR) is 76.5 cm³/mol. The molecule has 3 aliphatic rings. The lowest BCUT2D eigenvalue weighted by molar-refractivity contribution is -0.117. The van der Waals surface area contributed by atoms with E-state index in [1.165, 1.54) is 24.8 Å². The van der Waals surface area contributed by atoms with Gasteiger partial charge < -0.3 is 4.90 Å². The van der Waals surface area contributed by atoms with Gasteiger partial charge in [-0.05, 0) is 54.2 Å². The van der Waals surface area contributed by atoms with Crippen molar-refractivity contribution in [2.45, 2.75) is 31.1 Å². The van der Waals surface area contributed by atoms with Gasteiger partial charge in [0.25, 0.3) is 0 Å². The van der Waals surface area contributed by atoms with Crippen molar-refractivity contribution in [2.75, 3.05) is 11.9 Å². The molecule has 4 rings (SSSR count). The summed E-state index contributed by atoms with van der Waals surface area (Å²) in [4.78, 5) is 13.5. The standard InChI is InChI=1S/C16H18ClNO/c1-18-14-3-2-9(4-12(14)8-15(18)19)16(17)13-6-10-5-11(10)7-13/h2-4,10-11,13,16H,5-8H2,1H3. The first-order valence-electron chi connectivity index (χ1n) is 7.17. The van der Waals surface area contributed by atoms with Gasteiger partial charge in [0, 0.05) is 12.7 Å². The molecule has 2 fully saturated rings. The van der Waals surface area contributed by atoms with E-state index in [0.29, 0.717) is 12.3 Å². The number of halogens is 1. The number of rotatable bonds is 2. The van der Waals surface area contributed by atoms with Gasteiger partial charge >= 0.3 is 0 Å². The number of amides is 1. The number of hydrogen-bond donors (Lipinski definition) is 0. The Bertz CT molecular complexity index is 546. The summed E-state index contributed by atoms with van der Waals surface area (Å²) in [6.45, 7) is 0. The molecule has 0 N–H and O–H groups in total. The molecular weight excluding hydrogens is 258 g/mol.